The molecule has 5 aromatic rings. The number of nitrogens with zero attached hydrogens (tertiary/aromatic N) is 3. The summed E-state index contributed by atoms with van der Waals surface area (Å²) < 4.78 is 8.19. The molecule has 24 heavy (non-hydrogen) atoms. The molecule has 3 heterocycles. The lowest BCUT2D eigenvalue weighted by atomic mass is 10.1. The Labute approximate surface area is 138 Å². The predicted molar refractivity (Wildman–Crippen MR) is 96.0 cm³/mol. The summed E-state index contributed by atoms with van der Waals surface area (Å²) in [5, 5.41) is 2.10. The molecule has 0 spiro atoms. The third kappa shape index (κ3) is 1.68. The topological polar surface area (TPSA) is 43.9 Å². The Morgan fingerprint density at radius 1 is 0.958 bits per heavy atom. The highest BCUT2D eigenvalue weighted by atomic mass is 16.3. The highest BCUT2D eigenvalue weighted by Crippen LogP contribution is 2.35. The number of fused-ring (bicyclic) bond motifs is 4. The molecule has 4 nitrogen and oxygen atoms in total. The van der Waals surface area contributed by atoms with E-state index in [2.05, 4.69) is 41.7 Å². The minimum Gasteiger partial charge on any atom is -0.437 e. The van der Waals surface area contributed by atoms with Gasteiger partial charge in [-0.1, -0.05) is 24.3 Å². The van der Waals surface area contributed by atoms with Crippen molar-refractivity contribution in [3.63, 3.8) is 0 Å². The molecule has 0 saturated carbocycles. The first-order chi connectivity index (χ1) is 11.7. The Morgan fingerprint density at radius 3 is 2.67 bits per heavy atom. The van der Waals surface area contributed by atoms with Gasteiger partial charge in [0.1, 0.15) is 11.4 Å². The van der Waals surface area contributed by atoms with Gasteiger partial charge in [0.05, 0.1) is 16.6 Å². The third-order valence-corrected chi connectivity index (χ3v) is 4.61. The van der Waals surface area contributed by atoms with Crippen molar-refractivity contribution in [1.29, 1.82) is 0 Å². The molecule has 2 aromatic carbocycles. The van der Waals surface area contributed by atoms with Crippen LogP contribution in [0.3, 0.4) is 0 Å². The number of aromatic nitrogens is 3. The van der Waals surface area contributed by atoms with Crippen molar-refractivity contribution in [2.45, 2.75) is 6.92 Å². The molecule has 0 aliphatic carbocycles. The van der Waals surface area contributed by atoms with E-state index < -0.39 is 0 Å². The van der Waals surface area contributed by atoms with Crippen LogP contribution in [-0.4, -0.2) is 14.5 Å². The number of para-hydroxylation sites is 2. The van der Waals surface area contributed by atoms with Crippen LogP contribution in [0.15, 0.2) is 59.1 Å². The van der Waals surface area contributed by atoms with Crippen LogP contribution in [0, 0.1) is 6.92 Å². The molecule has 4 heteroatoms. The van der Waals surface area contributed by atoms with Crippen molar-refractivity contribution in [3.05, 3.63) is 60.3 Å². The van der Waals surface area contributed by atoms with Gasteiger partial charge in [-0.15, -0.1) is 0 Å². The van der Waals surface area contributed by atoms with Gasteiger partial charge in [0.25, 0.3) is 0 Å². The van der Waals surface area contributed by atoms with Crippen molar-refractivity contribution < 1.29 is 4.42 Å². The second-order valence-corrected chi connectivity index (χ2v) is 6.08. The first-order valence-electron chi connectivity index (χ1n) is 7.93. The maximum Gasteiger partial charge on any atom is 0.227 e. The van der Waals surface area contributed by atoms with E-state index in [0.29, 0.717) is 5.71 Å². The van der Waals surface area contributed by atoms with Gasteiger partial charge >= 0.3 is 0 Å². The van der Waals surface area contributed by atoms with Gasteiger partial charge in [-0.05, 0) is 36.8 Å². The van der Waals surface area contributed by atoms with E-state index in [1.165, 1.54) is 5.56 Å². The predicted octanol–water partition coefficient (Wildman–Crippen LogP) is 4.84. The van der Waals surface area contributed by atoms with Gasteiger partial charge in [0.2, 0.25) is 5.71 Å². The van der Waals surface area contributed by atoms with Crippen molar-refractivity contribution in [1.82, 2.24) is 14.5 Å². The minimum atomic E-state index is 0.662. The van der Waals surface area contributed by atoms with E-state index in [4.69, 9.17) is 9.40 Å². The van der Waals surface area contributed by atoms with Crippen molar-refractivity contribution >= 4 is 33.1 Å². The highest BCUT2D eigenvalue weighted by Gasteiger charge is 2.17. The van der Waals surface area contributed by atoms with Crippen LogP contribution in [0.2, 0.25) is 0 Å². The zero-order chi connectivity index (χ0) is 16.3. The number of furan rings is 1. The maximum atomic E-state index is 6.05. The van der Waals surface area contributed by atoms with Crippen LogP contribution < -0.4 is 0 Å². The zero-order valence-corrected chi connectivity index (χ0v) is 13.4. The fraction of sp³-hybridized carbons (Fsp3) is 0.100. The number of benzene rings is 2. The molecular weight excluding hydrogens is 298 g/mol. The third-order valence-electron chi connectivity index (χ3n) is 4.61. The number of imidazole rings is 1. The van der Waals surface area contributed by atoms with Gasteiger partial charge in [0.15, 0.2) is 0 Å². The van der Waals surface area contributed by atoms with Gasteiger partial charge in [-0.3, -0.25) is 0 Å². The first kappa shape index (κ1) is 13.3. The van der Waals surface area contributed by atoms with E-state index in [-0.39, 0.29) is 0 Å². The van der Waals surface area contributed by atoms with Gasteiger partial charge < -0.3 is 8.98 Å². The fourth-order valence-electron chi connectivity index (χ4n) is 3.51. The van der Waals surface area contributed by atoms with E-state index in [1.54, 1.807) is 6.20 Å². The Kier molecular flexibility index (Phi) is 2.59. The molecule has 0 aliphatic heterocycles. The highest BCUT2D eigenvalue weighted by molar-refractivity contribution is 6.08. The lowest BCUT2D eigenvalue weighted by molar-refractivity contribution is 0.654. The summed E-state index contributed by atoms with van der Waals surface area (Å²) in [6, 6.07) is 16.3. The monoisotopic (exact) mass is 313 g/mol. The second-order valence-electron chi connectivity index (χ2n) is 6.08. The Bertz CT molecular complexity index is 1230. The normalized spacial score (nSPS) is 11.8. The molecule has 5 rings (SSSR count). The van der Waals surface area contributed by atoms with Crippen LogP contribution in [-0.2, 0) is 7.05 Å². The number of rotatable bonds is 1. The quantitative estimate of drug-likeness (QED) is 0.444. The first-order valence-corrected chi connectivity index (χ1v) is 7.93. The van der Waals surface area contributed by atoms with E-state index in [9.17, 15) is 0 Å². The van der Waals surface area contributed by atoms with Gasteiger partial charge in [-0.2, -0.15) is 0 Å². The standard InChI is InChI=1S/C20H15N3O/c1-12-6-3-10-16-17(12)23(2)19(22-16)15-8-4-7-13-14-9-5-11-21-20(14)24-18(13)15/h3-11H,1-2H3. The zero-order valence-electron chi connectivity index (χ0n) is 13.4. The molecule has 3 aromatic heterocycles. The molecule has 0 aliphatic rings. The summed E-state index contributed by atoms with van der Waals surface area (Å²) >= 11 is 0. The van der Waals surface area contributed by atoms with E-state index in [1.807, 2.05) is 30.3 Å². The lowest BCUT2D eigenvalue weighted by Crippen LogP contribution is -1.94. The Morgan fingerprint density at radius 2 is 1.79 bits per heavy atom. The van der Waals surface area contributed by atoms with Crippen LogP contribution in [0.25, 0.3) is 44.5 Å². The minimum absolute atomic E-state index is 0.662. The summed E-state index contributed by atoms with van der Waals surface area (Å²) in [5.41, 5.74) is 5.85. The summed E-state index contributed by atoms with van der Waals surface area (Å²) in [7, 11) is 2.05. The molecule has 0 unspecified atom stereocenters. The van der Waals surface area contributed by atoms with Gasteiger partial charge in [0, 0.05) is 24.0 Å². The van der Waals surface area contributed by atoms with E-state index >= 15 is 0 Å². The number of hydrogen-bond donors (Lipinski definition) is 0. The summed E-state index contributed by atoms with van der Waals surface area (Å²) in [6.07, 6.45) is 1.75. The molecule has 0 fully saturated rings. The van der Waals surface area contributed by atoms with Crippen molar-refractivity contribution in [2.75, 3.05) is 0 Å². The van der Waals surface area contributed by atoms with Crippen LogP contribution >= 0.6 is 0 Å². The summed E-state index contributed by atoms with van der Waals surface area (Å²) in [5.74, 6) is 0.906. The maximum absolute atomic E-state index is 6.05. The van der Waals surface area contributed by atoms with Crippen LogP contribution in [0.4, 0.5) is 0 Å². The van der Waals surface area contributed by atoms with Crippen LogP contribution in [0.1, 0.15) is 5.56 Å². The second kappa shape index (κ2) is 4.68. The SMILES string of the molecule is Cc1cccc2nc(-c3cccc4c3oc3ncccc34)n(C)c12. The molecule has 0 bridgehead atoms. The fourth-order valence-corrected chi connectivity index (χ4v) is 3.51. The largest absolute Gasteiger partial charge is 0.437 e. The number of aryl methyl sites for hydroxylation is 2. The van der Waals surface area contributed by atoms with E-state index in [0.717, 1.165) is 38.8 Å². The molecule has 0 amide bonds. The van der Waals surface area contributed by atoms with Crippen LogP contribution in [0.5, 0.6) is 0 Å². The molecule has 116 valence electrons. The van der Waals surface area contributed by atoms with Crippen molar-refractivity contribution in [3.8, 4) is 11.4 Å². The molecule has 0 radical (unpaired) electrons. The smallest absolute Gasteiger partial charge is 0.227 e. The molecule has 0 N–H and O–H groups in total. The lowest BCUT2D eigenvalue weighted by Gasteiger charge is -2.04. The average Bonchev–Trinajstić information content (AvgIpc) is 3.14. The molecule has 0 atom stereocenters. The van der Waals surface area contributed by atoms with Gasteiger partial charge in [-0.25, -0.2) is 9.97 Å². The summed E-state index contributed by atoms with van der Waals surface area (Å²) in [4.78, 5) is 9.18. The Hall–Kier alpha value is -3.14. The number of pyridine rings is 1. The Balaban J connectivity index is 1.90. The average molecular weight is 313 g/mol. The molecular formula is C20H15N3O. The summed E-state index contributed by atoms with van der Waals surface area (Å²) in [6.45, 7) is 2.11. The molecule has 0 saturated heterocycles. The number of hydrogen-bond acceptors (Lipinski definition) is 3. The van der Waals surface area contributed by atoms with Crippen molar-refractivity contribution in [2.24, 2.45) is 7.05 Å².